The maximum absolute atomic E-state index is 13.4. The van der Waals surface area contributed by atoms with Gasteiger partial charge >= 0.3 is 0 Å². The summed E-state index contributed by atoms with van der Waals surface area (Å²) in [6.07, 6.45) is 2.45. The molecule has 0 spiro atoms. The lowest BCUT2D eigenvalue weighted by atomic mass is 10.2. The molecule has 0 aromatic carbocycles. The Kier molecular flexibility index (Phi) is 4.67. The van der Waals surface area contributed by atoms with Crippen LogP contribution < -0.4 is 10.2 Å². The fourth-order valence-corrected chi connectivity index (χ4v) is 3.25. The van der Waals surface area contributed by atoms with Crippen LogP contribution in [0.4, 0.5) is 10.2 Å². The Morgan fingerprint density at radius 3 is 2.95 bits per heavy atom. The smallest absolute Gasteiger partial charge is 0.141 e. The zero-order valence-corrected chi connectivity index (χ0v) is 12.5. The minimum absolute atomic E-state index is 0.270. The topological polar surface area (TPSA) is 40.6 Å². The Morgan fingerprint density at radius 2 is 2.19 bits per heavy atom. The van der Waals surface area contributed by atoms with Crippen LogP contribution in [0.3, 0.4) is 0 Å². The first-order valence-corrected chi connectivity index (χ1v) is 7.63. The molecule has 2 saturated heterocycles. The standard InChI is InChI=1S/C15H23FN4O/c1-17-9-12-8-13(16)10-18-15(12)20-3-2-14(11-20)19-4-6-21-7-5-19/h8,10,14,17H,2-7,9,11H2,1H3. The molecule has 3 rings (SSSR count). The highest BCUT2D eigenvalue weighted by atomic mass is 19.1. The lowest BCUT2D eigenvalue weighted by Crippen LogP contribution is -2.44. The summed E-state index contributed by atoms with van der Waals surface area (Å²) < 4.78 is 18.8. The van der Waals surface area contributed by atoms with Crippen LogP contribution in [0.25, 0.3) is 0 Å². The number of aromatic nitrogens is 1. The molecule has 0 bridgehead atoms. The van der Waals surface area contributed by atoms with Crippen molar-refractivity contribution in [2.75, 3.05) is 51.3 Å². The number of hydrogen-bond acceptors (Lipinski definition) is 5. The number of morpholine rings is 1. The van der Waals surface area contributed by atoms with Crippen molar-refractivity contribution in [2.24, 2.45) is 0 Å². The molecule has 5 nitrogen and oxygen atoms in total. The van der Waals surface area contributed by atoms with Crippen molar-refractivity contribution in [3.05, 3.63) is 23.6 Å². The van der Waals surface area contributed by atoms with Gasteiger partial charge in [0, 0.05) is 44.3 Å². The highest BCUT2D eigenvalue weighted by Crippen LogP contribution is 2.25. The predicted octanol–water partition coefficient (Wildman–Crippen LogP) is 0.851. The van der Waals surface area contributed by atoms with Gasteiger partial charge in [-0.05, 0) is 19.5 Å². The van der Waals surface area contributed by atoms with E-state index in [1.165, 1.54) is 6.20 Å². The van der Waals surface area contributed by atoms with Crippen LogP contribution in [0.2, 0.25) is 0 Å². The maximum Gasteiger partial charge on any atom is 0.141 e. The van der Waals surface area contributed by atoms with E-state index in [0.29, 0.717) is 12.6 Å². The molecule has 21 heavy (non-hydrogen) atoms. The normalized spacial score (nSPS) is 23.7. The van der Waals surface area contributed by atoms with E-state index < -0.39 is 0 Å². The van der Waals surface area contributed by atoms with Crippen molar-refractivity contribution in [1.82, 2.24) is 15.2 Å². The first-order valence-electron chi connectivity index (χ1n) is 7.63. The van der Waals surface area contributed by atoms with Gasteiger partial charge in [-0.1, -0.05) is 0 Å². The average Bonchev–Trinajstić information content (AvgIpc) is 2.98. The lowest BCUT2D eigenvalue weighted by molar-refractivity contribution is 0.0209. The van der Waals surface area contributed by atoms with Gasteiger partial charge in [0.1, 0.15) is 11.6 Å². The van der Waals surface area contributed by atoms with Crippen LogP contribution in [0.15, 0.2) is 12.3 Å². The Labute approximate surface area is 125 Å². The van der Waals surface area contributed by atoms with Gasteiger partial charge in [0.2, 0.25) is 0 Å². The van der Waals surface area contributed by atoms with Crippen molar-refractivity contribution in [2.45, 2.75) is 19.0 Å². The van der Waals surface area contributed by atoms with E-state index in [4.69, 9.17) is 4.74 Å². The molecule has 6 heteroatoms. The molecule has 1 unspecified atom stereocenters. The summed E-state index contributed by atoms with van der Waals surface area (Å²) in [6, 6.07) is 2.14. The first-order chi connectivity index (χ1) is 10.3. The minimum atomic E-state index is -0.270. The summed E-state index contributed by atoms with van der Waals surface area (Å²) in [4.78, 5) is 9.11. The van der Waals surface area contributed by atoms with Gasteiger partial charge < -0.3 is 15.0 Å². The van der Waals surface area contributed by atoms with Gasteiger partial charge in [-0.25, -0.2) is 9.37 Å². The first kappa shape index (κ1) is 14.7. The Hall–Kier alpha value is -1.24. The van der Waals surface area contributed by atoms with Gasteiger partial charge in [-0.15, -0.1) is 0 Å². The van der Waals surface area contributed by atoms with Crippen molar-refractivity contribution < 1.29 is 9.13 Å². The van der Waals surface area contributed by atoms with Crippen LogP contribution in [0.1, 0.15) is 12.0 Å². The van der Waals surface area contributed by atoms with E-state index >= 15 is 0 Å². The molecule has 2 aliphatic heterocycles. The molecule has 0 radical (unpaired) electrons. The zero-order valence-electron chi connectivity index (χ0n) is 12.5. The molecule has 1 aromatic rings. The fourth-order valence-electron chi connectivity index (χ4n) is 3.25. The second-order valence-corrected chi connectivity index (χ2v) is 5.70. The van der Waals surface area contributed by atoms with Crippen LogP contribution in [0, 0.1) is 5.82 Å². The zero-order chi connectivity index (χ0) is 14.7. The molecule has 1 aromatic heterocycles. The van der Waals surface area contributed by atoms with E-state index in [-0.39, 0.29) is 5.82 Å². The quantitative estimate of drug-likeness (QED) is 0.891. The summed E-state index contributed by atoms with van der Waals surface area (Å²) in [5.74, 6) is 0.648. The van der Waals surface area contributed by atoms with E-state index in [9.17, 15) is 4.39 Å². The van der Waals surface area contributed by atoms with Crippen molar-refractivity contribution in [3.8, 4) is 0 Å². The predicted molar refractivity (Wildman–Crippen MR) is 80.0 cm³/mol. The van der Waals surface area contributed by atoms with Gasteiger partial charge in [0.05, 0.1) is 19.4 Å². The second kappa shape index (κ2) is 6.68. The molecule has 3 heterocycles. The number of nitrogens with one attached hydrogen (secondary N) is 1. The molecule has 0 amide bonds. The monoisotopic (exact) mass is 294 g/mol. The van der Waals surface area contributed by atoms with Gasteiger partial charge in [0.15, 0.2) is 0 Å². The third kappa shape index (κ3) is 3.33. The van der Waals surface area contributed by atoms with Crippen LogP contribution >= 0.6 is 0 Å². The summed E-state index contributed by atoms with van der Waals surface area (Å²) in [7, 11) is 1.87. The third-order valence-corrected chi connectivity index (χ3v) is 4.30. The summed E-state index contributed by atoms with van der Waals surface area (Å²) in [6.45, 7) is 6.27. The number of pyridine rings is 1. The third-order valence-electron chi connectivity index (χ3n) is 4.30. The van der Waals surface area contributed by atoms with Crippen LogP contribution in [0.5, 0.6) is 0 Å². The minimum Gasteiger partial charge on any atom is -0.379 e. The van der Waals surface area contributed by atoms with Gasteiger partial charge in [-0.2, -0.15) is 0 Å². The second-order valence-electron chi connectivity index (χ2n) is 5.70. The van der Waals surface area contributed by atoms with Crippen molar-refractivity contribution in [3.63, 3.8) is 0 Å². The SMILES string of the molecule is CNCc1cc(F)cnc1N1CCC(N2CCOCC2)C1. The highest BCUT2D eigenvalue weighted by molar-refractivity contribution is 5.48. The fraction of sp³-hybridized carbons (Fsp3) is 0.667. The van der Waals surface area contributed by atoms with Crippen molar-refractivity contribution in [1.29, 1.82) is 0 Å². The molecule has 116 valence electrons. The molecule has 0 saturated carbocycles. The molecule has 1 N–H and O–H groups in total. The number of nitrogens with zero attached hydrogens (tertiary/aromatic N) is 3. The molecular formula is C15H23FN4O. The van der Waals surface area contributed by atoms with E-state index in [1.54, 1.807) is 6.07 Å². The Bertz CT molecular complexity index is 479. The summed E-state index contributed by atoms with van der Waals surface area (Å²) in [5.41, 5.74) is 0.931. The number of halogens is 1. The Morgan fingerprint density at radius 1 is 1.38 bits per heavy atom. The number of rotatable bonds is 4. The van der Waals surface area contributed by atoms with E-state index in [1.807, 2.05) is 7.05 Å². The maximum atomic E-state index is 13.4. The largest absolute Gasteiger partial charge is 0.379 e. The van der Waals surface area contributed by atoms with Gasteiger partial charge in [-0.3, -0.25) is 4.90 Å². The number of hydrogen-bond donors (Lipinski definition) is 1. The van der Waals surface area contributed by atoms with E-state index in [0.717, 1.165) is 57.2 Å². The van der Waals surface area contributed by atoms with Crippen LogP contribution in [-0.2, 0) is 11.3 Å². The molecular weight excluding hydrogens is 271 g/mol. The Balaban J connectivity index is 1.70. The molecule has 2 fully saturated rings. The average molecular weight is 294 g/mol. The number of ether oxygens (including phenoxy) is 1. The molecule has 2 aliphatic rings. The van der Waals surface area contributed by atoms with Crippen molar-refractivity contribution >= 4 is 5.82 Å². The van der Waals surface area contributed by atoms with Gasteiger partial charge in [0.25, 0.3) is 0 Å². The van der Waals surface area contributed by atoms with Crippen LogP contribution in [-0.4, -0.2) is 62.4 Å². The lowest BCUT2D eigenvalue weighted by Gasteiger charge is -2.32. The number of anilines is 1. The molecule has 0 aliphatic carbocycles. The van der Waals surface area contributed by atoms with E-state index in [2.05, 4.69) is 20.1 Å². The summed E-state index contributed by atoms with van der Waals surface area (Å²) in [5, 5.41) is 3.09. The highest BCUT2D eigenvalue weighted by Gasteiger charge is 2.30. The summed E-state index contributed by atoms with van der Waals surface area (Å²) >= 11 is 0. The molecule has 1 atom stereocenters.